The molecule has 1 aromatic rings. The minimum atomic E-state index is -0.633. The fourth-order valence-electron chi connectivity index (χ4n) is 1.91. The summed E-state index contributed by atoms with van der Waals surface area (Å²) < 4.78 is 5.22. The van der Waals surface area contributed by atoms with Gasteiger partial charge in [0.2, 0.25) is 5.91 Å². The Hall–Kier alpha value is -1.40. The quantitative estimate of drug-likeness (QED) is 0.767. The van der Waals surface area contributed by atoms with Crippen LogP contribution in [-0.4, -0.2) is 35.7 Å². The lowest BCUT2D eigenvalue weighted by Crippen LogP contribution is -2.48. The fourth-order valence-corrected chi connectivity index (χ4v) is 2.60. The van der Waals surface area contributed by atoms with Crippen LogP contribution in [0.5, 0.6) is 0 Å². The average Bonchev–Trinajstić information content (AvgIpc) is 2.47. The van der Waals surface area contributed by atoms with Gasteiger partial charge in [-0.2, -0.15) is 11.8 Å². The molecule has 1 aromatic carbocycles. The van der Waals surface area contributed by atoms with Gasteiger partial charge in [-0.1, -0.05) is 23.7 Å². The van der Waals surface area contributed by atoms with Gasteiger partial charge in [0.05, 0.1) is 0 Å². The lowest BCUT2D eigenvalue weighted by atomic mass is 10.2. The first-order valence-corrected chi connectivity index (χ1v) is 9.49. The molecule has 2 N–H and O–H groups in total. The summed E-state index contributed by atoms with van der Waals surface area (Å²) in [5, 5.41) is 6.09. The van der Waals surface area contributed by atoms with Gasteiger partial charge in [-0.15, -0.1) is 0 Å². The van der Waals surface area contributed by atoms with Crippen molar-refractivity contribution in [2.24, 2.45) is 0 Å². The minimum Gasteiger partial charge on any atom is -0.444 e. The monoisotopic (exact) mass is 372 g/mol. The number of ether oxygens (including phenoxy) is 1. The second kappa shape index (κ2) is 9.79. The van der Waals surface area contributed by atoms with Gasteiger partial charge in [0.15, 0.2) is 0 Å². The lowest BCUT2D eigenvalue weighted by Gasteiger charge is -2.23. The van der Waals surface area contributed by atoms with Crippen LogP contribution in [0.25, 0.3) is 0 Å². The lowest BCUT2D eigenvalue weighted by molar-refractivity contribution is -0.123. The van der Waals surface area contributed by atoms with E-state index in [1.807, 2.05) is 18.4 Å². The molecule has 0 aliphatic carbocycles. The highest BCUT2D eigenvalue weighted by atomic mass is 35.5. The second-order valence-corrected chi connectivity index (χ2v) is 7.75. The van der Waals surface area contributed by atoms with Crippen molar-refractivity contribution in [2.45, 2.75) is 45.4 Å². The first-order valence-electron chi connectivity index (χ1n) is 7.72. The van der Waals surface area contributed by atoms with Crippen LogP contribution in [0.4, 0.5) is 4.79 Å². The zero-order chi connectivity index (χ0) is 18.2. The molecular formula is C17H25ClN2O3S. The van der Waals surface area contributed by atoms with Crippen LogP contribution in [0.3, 0.4) is 0 Å². The van der Waals surface area contributed by atoms with Crippen LogP contribution >= 0.6 is 23.4 Å². The molecule has 1 atom stereocenters. The molecule has 0 aromatic heterocycles. The summed E-state index contributed by atoms with van der Waals surface area (Å²) in [4.78, 5) is 24.3. The first kappa shape index (κ1) is 20.6. The van der Waals surface area contributed by atoms with E-state index in [1.54, 1.807) is 44.7 Å². The summed E-state index contributed by atoms with van der Waals surface area (Å²) in [7, 11) is 0. The SMILES string of the molecule is CSCC[C@H](NC(=O)OC(C)(C)C)C(=O)NCc1cccc(Cl)c1. The van der Waals surface area contributed by atoms with Gasteiger partial charge < -0.3 is 15.4 Å². The van der Waals surface area contributed by atoms with Crippen LogP contribution < -0.4 is 10.6 Å². The molecule has 0 heterocycles. The predicted octanol–water partition coefficient (Wildman–Crippen LogP) is 3.60. The molecule has 2 amide bonds. The number of halogens is 1. The maximum atomic E-state index is 12.4. The molecule has 0 saturated carbocycles. The van der Waals surface area contributed by atoms with Crippen LogP contribution in [-0.2, 0) is 16.1 Å². The number of hydrogen-bond acceptors (Lipinski definition) is 4. The summed E-state index contributed by atoms with van der Waals surface area (Å²) in [6, 6.07) is 6.64. The summed E-state index contributed by atoms with van der Waals surface area (Å²) in [5.41, 5.74) is 0.294. The van der Waals surface area contributed by atoms with Crippen molar-refractivity contribution < 1.29 is 14.3 Å². The molecule has 0 unspecified atom stereocenters. The maximum absolute atomic E-state index is 12.4. The molecule has 0 radical (unpaired) electrons. The highest BCUT2D eigenvalue weighted by Gasteiger charge is 2.23. The average molecular weight is 373 g/mol. The van der Waals surface area contributed by atoms with Gasteiger partial charge in [-0.25, -0.2) is 4.79 Å². The van der Waals surface area contributed by atoms with Crippen LogP contribution in [0.2, 0.25) is 5.02 Å². The summed E-state index contributed by atoms with van der Waals surface area (Å²) in [6.07, 6.45) is 1.89. The van der Waals surface area contributed by atoms with Crippen molar-refractivity contribution in [2.75, 3.05) is 12.0 Å². The molecule has 24 heavy (non-hydrogen) atoms. The summed E-state index contributed by atoms with van der Waals surface area (Å²) in [5.74, 6) is 0.514. The van der Waals surface area contributed by atoms with Crippen LogP contribution in [0.1, 0.15) is 32.8 Å². The summed E-state index contributed by atoms with van der Waals surface area (Å²) in [6.45, 7) is 5.69. The molecule has 0 fully saturated rings. The van der Waals surface area contributed by atoms with Crippen molar-refractivity contribution in [1.82, 2.24) is 10.6 Å². The number of benzene rings is 1. The number of amides is 2. The Morgan fingerprint density at radius 2 is 2.04 bits per heavy atom. The predicted molar refractivity (Wildman–Crippen MR) is 99.5 cm³/mol. The molecule has 0 aliphatic heterocycles. The van der Waals surface area contributed by atoms with Crippen molar-refractivity contribution >= 4 is 35.4 Å². The Kier molecular flexibility index (Phi) is 8.42. The van der Waals surface area contributed by atoms with Gasteiger partial charge in [0.25, 0.3) is 0 Å². The molecule has 5 nitrogen and oxygen atoms in total. The largest absolute Gasteiger partial charge is 0.444 e. The number of rotatable bonds is 7. The highest BCUT2D eigenvalue weighted by molar-refractivity contribution is 7.98. The first-order chi connectivity index (χ1) is 11.2. The van der Waals surface area contributed by atoms with E-state index in [0.29, 0.717) is 18.0 Å². The normalized spacial score (nSPS) is 12.4. The Morgan fingerprint density at radius 3 is 2.62 bits per heavy atom. The fraction of sp³-hybridized carbons (Fsp3) is 0.529. The molecule has 0 spiro atoms. The molecule has 1 rings (SSSR count). The number of thioether (sulfide) groups is 1. The molecule has 134 valence electrons. The Labute approximate surface area is 152 Å². The van der Waals surface area contributed by atoms with E-state index < -0.39 is 17.7 Å². The third-order valence-electron chi connectivity index (χ3n) is 2.97. The van der Waals surface area contributed by atoms with E-state index in [2.05, 4.69) is 10.6 Å². The van der Waals surface area contributed by atoms with Gasteiger partial charge in [0, 0.05) is 11.6 Å². The Morgan fingerprint density at radius 1 is 1.33 bits per heavy atom. The molecule has 0 bridgehead atoms. The molecule has 0 aliphatic rings. The number of nitrogens with one attached hydrogen (secondary N) is 2. The van der Waals surface area contributed by atoms with E-state index in [-0.39, 0.29) is 5.91 Å². The van der Waals surface area contributed by atoms with Gasteiger partial charge in [-0.05, 0) is 56.9 Å². The van der Waals surface area contributed by atoms with Crippen LogP contribution in [0.15, 0.2) is 24.3 Å². The van der Waals surface area contributed by atoms with Crippen molar-refractivity contribution in [3.63, 3.8) is 0 Å². The van der Waals surface area contributed by atoms with Crippen molar-refractivity contribution in [3.05, 3.63) is 34.9 Å². The van der Waals surface area contributed by atoms with E-state index in [0.717, 1.165) is 11.3 Å². The van der Waals surface area contributed by atoms with Crippen molar-refractivity contribution in [3.8, 4) is 0 Å². The number of carbonyl (C=O) groups excluding carboxylic acids is 2. The number of carbonyl (C=O) groups is 2. The Balaban J connectivity index is 2.62. The molecular weight excluding hydrogens is 348 g/mol. The van der Waals surface area contributed by atoms with Gasteiger partial charge in [0.1, 0.15) is 11.6 Å². The maximum Gasteiger partial charge on any atom is 0.408 e. The third kappa shape index (κ3) is 8.45. The molecule has 7 heteroatoms. The zero-order valence-electron chi connectivity index (χ0n) is 14.5. The second-order valence-electron chi connectivity index (χ2n) is 6.33. The Bertz CT molecular complexity index is 561. The summed E-state index contributed by atoms with van der Waals surface area (Å²) >= 11 is 7.55. The highest BCUT2D eigenvalue weighted by Crippen LogP contribution is 2.11. The van der Waals surface area contributed by atoms with E-state index in [4.69, 9.17) is 16.3 Å². The van der Waals surface area contributed by atoms with Gasteiger partial charge >= 0.3 is 6.09 Å². The smallest absolute Gasteiger partial charge is 0.408 e. The topological polar surface area (TPSA) is 67.4 Å². The minimum absolute atomic E-state index is 0.241. The number of alkyl carbamates (subject to hydrolysis) is 1. The molecule has 0 saturated heterocycles. The van der Waals surface area contributed by atoms with Crippen molar-refractivity contribution in [1.29, 1.82) is 0 Å². The zero-order valence-corrected chi connectivity index (χ0v) is 16.1. The van der Waals surface area contributed by atoms with E-state index in [1.165, 1.54) is 0 Å². The van der Waals surface area contributed by atoms with Crippen LogP contribution in [0, 0.1) is 0 Å². The third-order valence-corrected chi connectivity index (χ3v) is 3.85. The van der Waals surface area contributed by atoms with E-state index >= 15 is 0 Å². The standard InChI is InChI=1S/C17H25ClN2O3S/c1-17(2,3)23-16(22)20-14(8-9-24-4)15(21)19-11-12-6-5-7-13(18)10-12/h5-7,10,14H,8-9,11H2,1-4H3,(H,19,21)(H,20,22)/t14-/m0/s1. The number of hydrogen-bond donors (Lipinski definition) is 2. The van der Waals surface area contributed by atoms with Gasteiger partial charge in [-0.3, -0.25) is 4.79 Å². The van der Waals surface area contributed by atoms with E-state index in [9.17, 15) is 9.59 Å².